The van der Waals surface area contributed by atoms with Crippen LogP contribution in [0.1, 0.15) is 48.7 Å². The maximum absolute atomic E-state index is 12.5. The zero-order valence-corrected chi connectivity index (χ0v) is 17.6. The van der Waals surface area contributed by atoms with E-state index < -0.39 is 0 Å². The summed E-state index contributed by atoms with van der Waals surface area (Å²) in [5.41, 5.74) is 4.41. The number of aryl methyl sites for hydroxylation is 2. The van der Waals surface area contributed by atoms with Crippen molar-refractivity contribution in [2.75, 3.05) is 11.1 Å². The number of fused-ring (bicyclic) bond motifs is 1. The third-order valence-corrected chi connectivity index (χ3v) is 7.11. The average Bonchev–Trinajstić information content (AvgIpc) is 2.91. The topological polar surface area (TPSA) is 54.9 Å². The molecule has 0 radical (unpaired) electrons. The molecule has 26 heavy (non-hydrogen) atoms. The van der Waals surface area contributed by atoms with Gasteiger partial charge in [-0.25, -0.2) is 9.97 Å². The fourth-order valence-electron chi connectivity index (χ4n) is 3.28. The van der Waals surface area contributed by atoms with Crippen molar-refractivity contribution in [2.24, 2.45) is 0 Å². The molecule has 2 heterocycles. The van der Waals surface area contributed by atoms with Crippen molar-refractivity contribution in [1.29, 1.82) is 0 Å². The van der Waals surface area contributed by atoms with Gasteiger partial charge >= 0.3 is 0 Å². The molecule has 138 valence electrons. The summed E-state index contributed by atoms with van der Waals surface area (Å²) >= 11 is 3.35. The highest BCUT2D eigenvalue weighted by Crippen LogP contribution is 2.48. The molecule has 0 spiro atoms. The monoisotopic (exact) mass is 387 g/mol. The Balaban J connectivity index is 1.74. The number of anilines is 1. The van der Waals surface area contributed by atoms with Gasteiger partial charge in [-0.3, -0.25) is 4.79 Å². The van der Waals surface area contributed by atoms with Gasteiger partial charge in [-0.05, 0) is 44.4 Å². The molecule has 0 saturated heterocycles. The van der Waals surface area contributed by atoms with Crippen LogP contribution in [0.25, 0.3) is 0 Å². The van der Waals surface area contributed by atoms with Crippen molar-refractivity contribution < 1.29 is 4.79 Å². The minimum Gasteiger partial charge on any atom is -0.325 e. The molecular weight excluding hydrogens is 362 g/mol. The summed E-state index contributed by atoms with van der Waals surface area (Å²) in [6.07, 6.45) is 1.07. The van der Waals surface area contributed by atoms with Crippen LogP contribution in [0.2, 0.25) is 0 Å². The Hall–Kier alpha value is -1.53. The molecule has 0 fully saturated rings. The lowest BCUT2D eigenvalue weighted by Crippen LogP contribution is -2.16. The lowest BCUT2D eigenvalue weighted by atomic mass is 9.96. The molecule has 1 aromatic carbocycles. The molecule has 4 nitrogen and oxygen atoms in total. The average molecular weight is 388 g/mol. The van der Waals surface area contributed by atoms with Gasteiger partial charge in [0.05, 0.1) is 5.75 Å². The molecule has 1 aliphatic heterocycles. The van der Waals surface area contributed by atoms with Gasteiger partial charge < -0.3 is 5.32 Å². The summed E-state index contributed by atoms with van der Waals surface area (Å²) in [5.74, 6) is 1.59. The number of rotatable bonds is 5. The molecule has 1 aromatic heterocycles. The zero-order chi connectivity index (χ0) is 18.8. The quantitative estimate of drug-likeness (QED) is 0.570. The van der Waals surface area contributed by atoms with E-state index >= 15 is 0 Å². The van der Waals surface area contributed by atoms with Crippen molar-refractivity contribution in [1.82, 2.24) is 9.97 Å². The van der Waals surface area contributed by atoms with E-state index in [-0.39, 0.29) is 5.91 Å². The SMILES string of the molecule is CC[C@@H]1c2c(SCC(=O)Nc3cccc(C)c3C)nc(C)nc2S[C@@H]1C. The van der Waals surface area contributed by atoms with E-state index in [9.17, 15) is 4.79 Å². The van der Waals surface area contributed by atoms with Gasteiger partial charge in [0.1, 0.15) is 15.9 Å². The highest BCUT2D eigenvalue weighted by molar-refractivity contribution is 8.01. The van der Waals surface area contributed by atoms with Gasteiger partial charge in [0.15, 0.2) is 0 Å². The fourth-order valence-corrected chi connectivity index (χ4v) is 5.69. The minimum absolute atomic E-state index is 0.000428. The second-order valence-electron chi connectivity index (χ2n) is 6.72. The lowest BCUT2D eigenvalue weighted by Gasteiger charge is -2.15. The number of aromatic nitrogens is 2. The van der Waals surface area contributed by atoms with Crippen LogP contribution in [0, 0.1) is 20.8 Å². The summed E-state index contributed by atoms with van der Waals surface area (Å²) in [6, 6.07) is 5.97. The number of hydrogen-bond donors (Lipinski definition) is 1. The van der Waals surface area contributed by atoms with E-state index in [0.29, 0.717) is 16.9 Å². The number of amides is 1. The first-order chi connectivity index (χ1) is 12.4. The number of hydrogen-bond acceptors (Lipinski definition) is 5. The fraction of sp³-hybridized carbons (Fsp3) is 0.450. The molecule has 1 amide bonds. The van der Waals surface area contributed by atoms with E-state index in [2.05, 4.69) is 42.1 Å². The van der Waals surface area contributed by atoms with E-state index in [1.807, 2.05) is 37.7 Å². The number of nitrogens with zero attached hydrogens (tertiary/aromatic N) is 2. The van der Waals surface area contributed by atoms with Crippen LogP contribution in [0.5, 0.6) is 0 Å². The first-order valence-corrected chi connectivity index (χ1v) is 10.8. The number of carbonyl (C=O) groups excluding carboxylic acids is 1. The van der Waals surface area contributed by atoms with Crippen LogP contribution < -0.4 is 5.32 Å². The van der Waals surface area contributed by atoms with Crippen LogP contribution in [0.4, 0.5) is 5.69 Å². The Morgan fingerprint density at radius 1 is 1.27 bits per heavy atom. The number of benzene rings is 1. The molecule has 2 atom stereocenters. The van der Waals surface area contributed by atoms with Gasteiger partial charge in [0, 0.05) is 22.4 Å². The van der Waals surface area contributed by atoms with Crippen LogP contribution in [0.15, 0.2) is 28.3 Å². The lowest BCUT2D eigenvalue weighted by molar-refractivity contribution is -0.113. The van der Waals surface area contributed by atoms with E-state index in [1.165, 1.54) is 22.9 Å². The smallest absolute Gasteiger partial charge is 0.234 e. The first-order valence-electron chi connectivity index (χ1n) is 8.94. The molecular formula is C20H25N3OS2. The van der Waals surface area contributed by atoms with Gasteiger partial charge in [-0.15, -0.1) is 11.8 Å². The Morgan fingerprint density at radius 2 is 2.04 bits per heavy atom. The number of nitrogens with one attached hydrogen (secondary N) is 1. The standard InChI is InChI=1S/C20H25N3OS2/c1-6-15-13(4)26-20-18(15)19(21-14(5)22-20)25-10-17(24)23-16-9-7-8-11(2)12(16)3/h7-9,13,15H,6,10H2,1-5H3,(H,23,24)/t13-,15+/m1/s1. The maximum atomic E-state index is 12.5. The van der Waals surface area contributed by atoms with Crippen LogP contribution in [0.3, 0.4) is 0 Å². The Kier molecular flexibility index (Phi) is 5.92. The van der Waals surface area contributed by atoms with Crippen molar-refractivity contribution in [2.45, 2.75) is 62.3 Å². The van der Waals surface area contributed by atoms with Crippen molar-refractivity contribution in [3.8, 4) is 0 Å². The van der Waals surface area contributed by atoms with Crippen LogP contribution in [-0.4, -0.2) is 26.9 Å². The van der Waals surface area contributed by atoms with Crippen molar-refractivity contribution in [3.63, 3.8) is 0 Å². The Bertz CT molecular complexity index is 838. The summed E-state index contributed by atoms with van der Waals surface area (Å²) in [4.78, 5) is 21.7. The van der Waals surface area contributed by atoms with Gasteiger partial charge in [0.2, 0.25) is 5.91 Å². The highest BCUT2D eigenvalue weighted by Gasteiger charge is 2.33. The molecule has 0 bridgehead atoms. The molecule has 3 rings (SSSR count). The van der Waals surface area contributed by atoms with Crippen molar-refractivity contribution >= 4 is 35.1 Å². The van der Waals surface area contributed by atoms with Gasteiger partial charge in [0.25, 0.3) is 0 Å². The third kappa shape index (κ3) is 3.91. The van der Waals surface area contributed by atoms with Crippen molar-refractivity contribution in [3.05, 3.63) is 40.7 Å². The summed E-state index contributed by atoms with van der Waals surface area (Å²) in [6.45, 7) is 10.5. The Morgan fingerprint density at radius 3 is 2.77 bits per heavy atom. The summed E-state index contributed by atoms with van der Waals surface area (Å²) < 4.78 is 0. The first kappa shape index (κ1) is 19.2. The van der Waals surface area contributed by atoms with E-state index in [1.54, 1.807) is 0 Å². The molecule has 1 aliphatic rings. The zero-order valence-electron chi connectivity index (χ0n) is 15.9. The van der Waals surface area contributed by atoms with Gasteiger partial charge in [-0.1, -0.05) is 37.7 Å². The summed E-state index contributed by atoms with van der Waals surface area (Å²) in [7, 11) is 0. The van der Waals surface area contributed by atoms with E-state index in [0.717, 1.165) is 33.5 Å². The van der Waals surface area contributed by atoms with Gasteiger partial charge in [-0.2, -0.15) is 0 Å². The van der Waals surface area contributed by atoms with Crippen LogP contribution in [-0.2, 0) is 4.79 Å². The van der Waals surface area contributed by atoms with Crippen LogP contribution >= 0.6 is 23.5 Å². The highest BCUT2D eigenvalue weighted by atomic mass is 32.2. The molecule has 1 N–H and O–H groups in total. The number of thioether (sulfide) groups is 2. The minimum atomic E-state index is 0.000428. The predicted molar refractivity (Wildman–Crippen MR) is 110 cm³/mol. The van der Waals surface area contributed by atoms with E-state index in [4.69, 9.17) is 0 Å². The number of carbonyl (C=O) groups is 1. The predicted octanol–water partition coefficient (Wildman–Crippen LogP) is 5.12. The normalized spacial score (nSPS) is 18.7. The molecule has 2 aromatic rings. The molecule has 0 unspecified atom stereocenters. The maximum Gasteiger partial charge on any atom is 0.234 e. The molecule has 0 aliphatic carbocycles. The Labute approximate surface area is 164 Å². The molecule has 6 heteroatoms. The third-order valence-electron chi connectivity index (χ3n) is 4.88. The summed E-state index contributed by atoms with van der Waals surface area (Å²) in [5, 5.41) is 5.59. The largest absolute Gasteiger partial charge is 0.325 e. The second-order valence-corrected chi connectivity index (χ2v) is 9.05. The molecule has 0 saturated carbocycles. The second kappa shape index (κ2) is 8.01.